The summed E-state index contributed by atoms with van der Waals surface area (Å²) in [6.07, 6.45) is 8.05. The fraction of sp³-hybridized carbons (Fsp3) is 0.650. The zero-order chi connectivity index (χ0) is 24.8. The molecule has 2 atom stereocenters. The summed E-state index contributed by atoms with van der Waals surface area (Å²) in [5.41, 5.74) is 0.983. The number of hydrogen-bond acceptors (Lipinski definition) is 8. The van der Waals surface area contributed by atoms with Gasteiger partial charge < -0.3 is 34.4 Å². The number of hydrogen-bond donors (Lipinski definition) is 4. The summed E-state index contributed by atoms with van der Waals surface area (Å²) in [5, 5.41) is 14.2. The number of carboxylic acid groups (broad SMARTS) is 1. The van der Waals surface area contributed by atoms with Gasteiger partial charge in [0.1, 0.15) is 5.52 Å². The number of methoxy groups -OCH3 is 1. The van der Waals surface area contributed by atoms with E-state index in [-0.39, 0.29) is 18.0 Å². The van der Waals surface area contributed by atoms with E-state index in [2.05, 4.69) is 20.1 Å². The van der Waals surface area contributed by atoms with Gasteiger partial charge in [-0.25, -0.2) is 9.31 Å². The lowest BCUT2D eigenvalue weighted by Crippen LogP contribution is -2.47. The van der Waals surface area contributed by atoms with Crippen molar-refractivity contribution in [2.75, 3.05) is 32.2 Å². The number of fused-ring (bicyclic) bond motifs is 1. The quantitative estimate of drug-likeness (QED) is 0.359. The summed E-state index contributed by atoms with van der Waals surface area (Å²) < 4.78 is 27.9. The molecule has 0 bridgehead atoms. The van der Waals surface area contributed by atoms with E-state index in [1.165, 1.54) is 25.7 Å². The molecule has 2 aromatic heterocycles. The summed E-state index contributed by atoms with van der Waals surface area (Å²) in [6, 6.07) is 4.47. The summed E-state index contributed by atoms with van der Waals surface area (Å²) >= 11 is 5.88. The van der Waals surface area contributed by atoms with Crippen molar-refractivity contribution in [3.8, 4) is 0 Å². The second-order valence-corrected chi connectivity index (χ2v) is 10.4. The van der Waals surface area contributed by atoms with Gasteiger partial charge in [-0.3, -0.25) is 4.57 Å². The Balaban J connectivity index is 0.000000191. The highest BCUT2D eigenvalue weighted by atomic mass is 35.5. The van der Waals surface area contributed by atoms with Gasteiger partial charge in [0, 0.05) is 26.0 Å². The lowest BCUT2D eigenvalue weighted by atomic mass is 10.2. The van der Waals surface area contributed by atoms with Gasteiger partial charge in [-0.05, 0) is 49.4 Å². The summed E-state index contributed by atoms with van der Waals surface area (Å²) in [4.78, 5) is 33.8. The average Bonchev–Trinajstić information content (AvgIpc) is 3.53. The molecule has 2 unspecified atom stereocenters. The molecule has 0 aromatic carbocycles. The number of anilines is 1. The number of rotatable bonds is 9. The van der Waals surface area contributed by atoms with Crippen molar-refractivity contribution in [2.45, 2.75) is 56.0 Å². The maximum Gasteiger partial charge on any atom is 0.371 e. The van der Waals surface area contributed by atoms with E-state index in [1.54, 1.807) is 4.52 Å². The molecule has 2 aliphatic rings. The van der Waals surface area contributed by atoms with E-state index in [0.717, 1.165) is 24.9 Å². The van der Waals surface area contributed by atoms with Crippen LogP contribution < -0.4 is 5.32 Å². The number of aromatic nitrogens is 3. The molecule has 1 aliphatic carbocycles. The third kappa shape index (κ3) is 6.45. The molecule has 1 saturated carbocycles. The van der Waals surface area contributed by atoms with Crippen LogP contribution in [-0.2, 0) is 23.6 Å². The van der Waals surface area contributed by atoms with Gasteiger partial charge in [-0.2, -0.15) is 4.98 Å². The molecule has 14 heteroatoms. The Morgan fingerprint density at radius 2 is 2.09 bits per heavy atom. The van der Waals surface area contributed by atoms with Gasteiger partial charge in [0.15, 0.2) is 5.82 Å². The minimum Gasteiger partial charge on any atom is -0.479 e. The average molecular weight is 521 g/mol. The highest BCUT2D eigenvalue weighted by Gasteiger charge is 2.56. The van der Waals surface area contributed by atoms with Gasteiger partial charge in [0.25, 0.3) is 5.34 Å². The van der Waals surface area contributed by atoms with Crippen LogP contribution in [0.4, 0.5) is 5.82 Å². The Hall–Kier alpha value is -1.79. The topological polar surface area (TPSA) is 165 Å². The van der Waals surface area contributed by atoms with Crippen molar-refractivity contribution < 1.29 is 38.5 Å². The molecule has 2 fully saturated rings. The molecular formula is C20H30ClN4O8P. The monoisotopic (exact) mass is 520 g/mol. The first-order valence-electron chi connectivity index (χ1n) is 11.0. The molecule has 34 heavy (non-hydrogen) atoms. The van der Waals surface area contributed by atoms with E-state index in [4.69, 9.17) is 26.2 Å². The predicted molar refractivity (Wildman–Crippen MR) is 123 cm³/mol. The largest absolute Gasteiger partial charge is 0.479 e. The number of halogens is 1. The maximum atomic E-state index is 11.4. The Kier molecular flexibility index (Phi) is 9.27. The lowest BCUT2D eigenvalue weighted by molar-refractivity contribution is -0.165. The second kappa shape index (κ2) is 11.8. The first-order chi connectivity index (χ1) is 16.2. The maximum absolute atomic E-state index is 11.4. The smallest absolute Gasteiger partial charge is 0.371 e. The highest BCUT2D eigenvalue weighted by Crippen LogP contribution is 2.51. The standard InChI is InChI=1S/C11H13ClN4.C9H17O8P/c12-11-14-10(13-8-4-1-2-5-8)9-6-3-7-16(9)15-11;1-15-6-9(8(10)11,18(12,13)14)17-5-7-3-2-4-16-7/h3,6-8H,1-2,4-5H2,(H,13,14,15);7H,2-6H2,1H3,(H,10,11)(H2,12,13,14). The zero-order valence-electron chi connectivity index (χ0n) is 18.8. The number of carboxylic acids is 1. The molecule has 1 saturated heterocycles. The van der Waals surface area contributed by atoms with Gasteiger partial charge >= 0.3 is 13.6 Å². The van der Waals surface area contributed by atoms with Crippen molar-refractivity contribution in [3.63, 3.8) is 0 Å². The van der Waals surface area contributed by atoms with Gasteiger partial charge in [0.2, 0.25) is 5.28 Å². The van der Waals surface area contributed by atoms with Crippen molar-refractivity contribution >= 4 is 36.5 Å². The first-order valence-corrected chi connectivity index (χ1v) is 13.0. The molecular weight excluding hydrogens is 491 g/mol. The fourth-order valence-corrected chi connectivity index (χ4v) is 4.89. The molecule has 4 rings (SSSR count). The second-order valence-electron chi connectivity index (χ2n) is 8.21. The third-order valence-corrected chi connectivity index (χ3v) is 7.29. The minimum atomic E-state index is -5.04. The Morgan fingerprint density at radius 3 is 2.68 bits per heavy atom. The van der Waals surface area contributed by atoms with Crippen LogP contribution in [0.3, 0.4) is 0 Å². The van der Waals surface area contributed by atoms with Crippen LogP contribution >= 0.6 is 19.2 Å². The molecule has 1 aliphatic heterocycles. The summed E-state index contributed by atoms with van der Waals surface area (Å²) in [6.45, 7) is -0.394. The normalized spacial score (nSPS) is 20.6. The minimum absolute atomic E-state index is 0.194. The van der Waals surface area contributed by atoms with E-state index in [9.17, 15) is 19.1 Å². The molecule has 3 heterocycles. The number of ether oxygens (including phenoxy) is 3. The van der Waals surface area contributed by atoms with Crippen LogP contribution in [0.5, 0.6) is 0 Å². The van der Waals surface area contributed by atoms with E-state index < -0.39 is 25.5 Å². The number of nitrogens with zero attached hydrogens (tertiary/aromatic N) is 3. The van der Waals surface area contributed by atoms with Crippen LogP contribution in [0.2, 0.25) is 5.28 Å². The summed E-state index contributed by atoms with van der Waals surface area (Å²) in [5.74, 6) is -0.910. The van der Waals surface area contributed by atoms with E-state index in [0.29, 0.717) is 19.1 Å². The molecule has 190 valence electrons. The van der Waals surface area contributed by atoms with Crippen LogP contribution in [0, 0.1) is 0 Å². The van der Waals surface area contributed by atoms with Crippen molar-refractivity contribution in [3.05, 3.63) is 23.6 Å². The number of carbonyl (C=O) groups is 1. The molecule has 0 radical (unpaired) electrons. The van der Waals surface area contributed by atoms with Crippen molar-refractivity contribution in [2.24, 2.45) is 0 Å². The number of nitrogens with one attached hydrogen (secondary N) is 1. The summed E-state index contributed by atoms with van der Waals surface area (Å²) in [7, 11) is -3.90. The zero-order valence-corrected chi connectivity index (χ0v) is 20.5. The Morgan fingerprint density at radius 1 is 1.35 bits per heavy atom. The van der Waals surface area contributed by atoms with Crippen LogP contribution in [0.1, 0.15) is 38.5 Å². The Labute approximate surface area is 201 Å². The van der Waals surface area contributed by atoms with Gasteiger partial charge in [-0.1, -0.05) is 12.8 Å². The molecule has 12 nitrogen and oxygen atoms in total. The molecule has 4 N–H and O–H groups in total. The number of aliphatic carboxylic acids is 1. The predicted octanol–water partition coefficient (Wildman–Crippen LogP) is 2.52. The van der Waals surface area contributed by atoms with E-state index >= 15 is 0 Å². The van der Waals surface area contributed by atoms with Crippen molar-refractivity contribution in [1.29, 1.82) is 0 Å². The molecule has 2 aromatic rings. The molecule has 0 amide bonds. The SMILES string of the molecule is COCC(OCC1CCCO1)(C(=O)O)P(=O)(O)O.Clc1nc(NC2CCCC2)c2cccn2n1. The van der Waals surface area contributed by atoms with Crippen molar-refractivity contribution in [1.82, 2.24) is 14.6 Å². The third-order valence-electron chi connectivity index (χ3n) is 5.74. The highest BCUT2D eigenvalue weighted by molar-refractivity contribution is 7.54. The van der Waals surface area contributed by atoms with Crippen LogP contribution in [0.25, 0.3) is 5.52 Å². The lowest BCUT2D eigenvalue weighted by Gasteiger charge is -2.30. The van der Waals surface area contributed by atoms with Crippen LogP contribution in [0.15, 0.2) is 18.3 Å². The fourth-order valence-electron chi connectivity index (χ4n) is 3.94. The first kappa shape index (κ1) is 26.8. The van der Waals surface area contributed by atoms with E-state index in [1.807, 2.05) is 18.3 Å². The Bertz CT molecular complexity index is 1010. The molecule has 0 spiro atoms. The van der Waals surface area contributed by atoms with Gasteiger partial charge in [0.05, 0.1) is 19.3 Å². The van der Waals surface area contributed by atoms with Gasteiger partial charge in [-0.15, -0.1) is 5.10 Å². The van der Waals surface area contributed by atoms with Crippen LogP contribution in [-0.4, -0.2) is 79.9 Å².